The molecule has 1 fully saturated rings. The van der Waals surface area contributed by atoms with Gasteiger partial charge in [0.15, 0.2) is 6.29 Å². The van der Waals surface area contributed by atoms with Crippen LogP contribution < -0.4 is 5.32 Å². The third kappa shape index (κ3) is 5.00. The quantitative estimate of drug-likeness (QED) is 0.688. The van der Waals surface area contributed by atoms with Gasteiger partial charge in [-0.2, -0.15) is 0 Å². The molecular formula is C14H31N3O2. The van der Waals surface area contributed by atoms with Crippen molar-refractivity contribution in [3.8, 4) is 0 Å². The van der Waals surface area contributed by atoms with Gasteiger partial charge < -0.3 is 19.7 Å². The molecule has 0 aromatic carbocycles. The Morgan fingerprint density at radius 1 is 1.11 bits per heavy atom. The van der Waals surface area contributed by atoms with Crippen LogP contribution in [0.25, 0.3) is 0 Å². The molecule has 1 heterocycles. The number of likely N-dealkylation sites (N-methyl/N-ethyl adjacent to an activating group) is 1. The van der Waals surface area contributed by atoms with Crippen molar-refractivity contribution in [3.05, 3.63) is 0 Å². The van der Waals surface area contributed by atoms with Gasteiger partial charge >= 0.3 is 0 Å². The van der Waals surface area contributed by atoms with E-state index in [-0.39, 0.29) is 17.9 Å². The lowest BCUT2D eigenvalue weighted by Crippen LogP contribution is -2.58. The van der Waals surface area contributed by atoms with Gasteiger partial charge in [0.2, 0.25) is 0 Å². The SMILES string of the molecule is COC(OC)C(C)NCC(C)(C)N1CCN(C)CC1. The molecule has 0 aromatic rings. The van der Waals surface area contributed by atoms with Crippen molar-refractivity contribution in [3.63, 3.8) is 0 Å². The van der Waals surface area contributed by atoms with Crippen LogP contribution in [0.5, 0.6) is 0 Å². The van der Waals surface area contributed by atoms with Crippen LogP contribution >= 0.6 is 0 Å². The van der Waals surface area contributed by atoms with E-state index in [4.69, 9.17) is 9.47 Å². The second-order valence-corrected chi connectivity index (χ2v) is 6.11. The first-order valence-corrected chi connectivity index (χ1v) is 7.13. The summed E-state index contributed by atoms with van der Waals surface area (Å²) < 4.78 is 10.6. The molecule has 5 nitrogen and oxygen atoms in total. The fraction of sp³-hybridized carbons (Fsp3) is 1.00. The number of piperazine rings is 1. The highest BCUT2D eigenvalue weighted by Gasteiger charge is 2.30. The van der Waals surface area contributed by atoms with Crippen molar-refractivity contribution in [1.29, 1.82) is 0 Å². The molecule has 5 heteroatoms. The Morgan fingerprint density at radius 3 is 2.11 bits per heavy atom. The van der Waals surface area contributed by atoms with Crippen LogP contribution in [0, 0.1) is 0 Å². The van der Waals surface area contributed by atoms with E-state index in [1.165, 1.54) is 0 Å². The lowest BCUT2D eigenvalue weighted by molar-refractivity contribution is -0.120. The Balaban J connectivity index is 2.41. The van der Waals surface area contributed by atoms with Crippen molar-refractivity contribution < 1.29 is 9.47 Å². The summed E-state index contributed by atoms with van der Waals surface area (Å²) in [4.78, 5) is 4.94. The molecule has 0 saturated carbocycles. The van der Waals surface area contributed by atoms with Crippen molar-refractivity contribution in [2.45, 2.75) is 38.6 Å². The van der Waals surface area contributed by atoms with Gasteiger partial charge in [0.05, 0.1) is 6.04 Å². The second-order valence-electron chi connectivity index (χ2n) is 6.11. The molecule has 1 unspecified atom stereocenters. The van der Waals surface area contributed by atoms with Crippen molar-refractivity contribution in [2.24, 2.45) is 0 Å². The van der Waals surface area contributed by atoms with Gasteiger partial charge in [-0.3, -0.25) is 4.90 Å². The molecule has 1 aliphatic rings. The third-order valence-corrected chi connectivity index (χ3v) is 4.09. The molecule has 114 valence electrons. The summed E-state index contributed by atoms with van der Waals surface area (Å²) in [6, 6.07) is 0.182. The first-order valence-electron chi connectivity index (χ1n) is 7.13. The van der Waals surface area contributed by atoms with Gasteiger partial charge in [-0.15, -0.1) is 0 Å². The highest BCUT2D eigenvalue weighted by molar-refractivity contribution is 4.88. The lowest BCUT2D eigenvalue weighted by Gasteiger charge is -2.44. The summed E-state index contributed by atoms with van der Waals surface area (Å²) in [7, 11) is 5.54. The number of nitrogens with one attached hydrogen (secondary N) is 1. The number of ether oxygens (including phenoxy) is 2. The number of methoxy groups -OCH3 is 2. The molecule has 0 radical (unpaired) electrons. The molecule has 0 aliphatic carbocycles. The van der Waals surface area contributed by atoms with Crippen LogP contribution in [-0.4, -0.2) is 81.7 Å². The van der Waals surface area contributed by atoms with Gasteiger partial charge in [0, 0.05) is 52.5 Å². The maximum absolute atomic E-state index is 5.28. The molecule has 1 saturated heterocycles. The highest BCUT2D eigenvalue weighted by Crippen LogP contribution is 2.16. The molecular weight excluding hydrogens is 242 g/mol. The molecule has 1 N–H and O–H groups in total. The monoisotopic (exact) mass is 273 g/mol. The minimum atomic E-state index is -0.191. The largest absolute Gasteiger partial charge is 0.354 e. The minimum absolute atomic E-state index is 0.154. The molecule has 0 bridgehead atoms. The second kappa shape index (κ2) is 7.55. The van der Waals surface area contributed by atoms with Crippen LogP contribution in [0.15, 0.2) is 0 Å². The van der Waals surface area contributed by atoms with Crippen LogP contribution in [0.3, 0.4) is 0 Å². The topological polar surface area (TPSA) is 37.0 Å². The summed E-state index contributed by atoms with van der Waals surface area (Å²) in [6.07, 6.45) is -0.191. The Kier molecular flexibility index (Phi) is 6.69. The van der Waals surface area contributed by atoms with E-state index in [9.17, 15) is 0 Å². The van der Waals surface area contributed by atoms with Gasteiger partial charge in [-0.25, -0.2) is 0 Å². The number of hydrogen-bond donors (Lipinski definition) is 1. The van der Waals surface area contributed by atoms with Gasteiger partial charge in [0.1, 0.15) is 0 Å². The summed E-state index contributed by atoms with van der Waals surface area (Å²) in [5, 5.41) is 3.53. The molecule has 1 atom stereocenters. The Labute approximate surface area is 118 Å². The van der Waals surface area contributed by atoms with E-state index in [0.29, 0.717) is 0 Å². The Bertz CT molecular complexity index is 249. The predicted octanol–water partition coefficient (Wildman–Crippen LogP) is 0.609. The standard InChI is InChI=1S/C14H31N3O2/c1-12(13(18-5)19-6)15-11-14(2,3)17-9-7-16(4)8-10-17/h12-13,15H,7-11H2,1-6H3. The first kappa shape index (κ1) is 16.9. The average molecular weight is 273 g/mol. The molecule has 0 amide bonds. The zero-order valence-corrected chi connectivity index (χ0v) is 13.4. The molecule has 1 aliphatic heterocycles. The average Bonchev–Trinajstić information content (AvgIpc) is 2.38. The fourth-order valence-electron chi connectivity index (χ4n) is 2.54. The van der Waals surface area contributed by atoms with E-state index in [2.05, 4.69) is 42.9 Å². The van der Waals surface area contributed by atoms with E-state index < -0.39 is 0 Å². The molecule has 19 heavy (non-hydrogen) atoms. The van der Waals surface area contributed by atoms with Crippen LogP contribution in [0.4, 0.5) is 0 Å². The highest BCUT2D eigenvalue weighted by atomic mass is 16.7. The maximum atomic E-state index is 5.28. The summed E-state index contributed by atoms with van der Waals surface area (Å²) in [5.74, 6) is 0. The summed E-state index contributed by atoms with van der Waals surface area (Å²) in [6.45, 7) is 12.2. The van der Waals surface area contributed by atoms with E-state index in [1.54, 1.807) is 14.2 Å². The van der Waals surface area contributed by atoms with E-state index >= 15 is 0 Å². The first-order chi connectivity index (χ1) is 8.90. The van der Waals surface area contributed by atoms with Crippen LogP contribution in [0.1, 0.15) is 20.8 Å². The number of rotatable bonds is 7. The third-order valence-electron chi connectivity index (χ3n) is 4.09. The van der Waals surface area contributed by atoms with Crippen molar-refractivity contribution in [2.75, 3.05) is 54.0 Å². The smallest absolute Gasteiger partial charge is 0.171 e. The molecule has 1 rings (SSSR count). The van der Waals surface area contributed by atoms with Gasteiger partial charge in [-0.05, 0) is 27.8 Å². The van der Waals surface area contributed by atoms with Crippen LogP contribution in [-0.2, 0) is 9.47 Å². The fourth-order valence-corrected chi connectivity index (χ4v) is 2.54. The Hall–Kier alpha value is -0.200. The van der Waals surface area contributed by atoms with E-state index in [1.807, 2.05) is 0 Å². The van der Waals surface area contributed by atoms with E-state index in [0.717, 1.165) is 32.7 Å². The molecule has 0 spiro atoms. The zero-order chi connectivity index (χ0) is 14.5. The molecule has 0 aromatic heterocycles. The van der Waals surface area contributed by atoms with Gasteiger partial charge in [0.25, 0.3) is 0 Å². The zero-order valence-electron chi connectivity index (χ0n) is 13.4. The van der Waals surface area contributed by atoms with Crippen molar-refractivity contribution >= 4 is 0 Å². The maximum Gasteiger partial charge on any atom is 0.171 e. The summed E-state index contributed by atoms with van der Waals surface area (Å²) in [5.41, 5.74) is 0.154. The van der Waals surface area contributed by atoms with Crippen molar-refractivity contribution in [1.82, 2.24) is 15.1 Å². The number of nitrogens with zero attached hydrogens (tertiary/aromatic N) is 2. The van der Waals surface area contributed by atoms with Gasteiger partial charge in [-0.1, -0.05) is 0 Å². The predicted molar refractivity (Wildman–Crippen MR) is 78.4 cm³/mol. The van der Waals surface area contributed by atoms with Crippen LogP contribution in [0.2, 0.25) is 0 Å². The summed E-state index contributed by atoms with van der Waals surface area (Å²) >= 11 is 0. The Morgan fingerprint density at radius 2 is 1.63 bits per heavy atom. The lowest BCUT2D eigenvalue weighted by atomic mass is 10.0. The normalized spacial score (nSPS) is 21.0. The number of hydrogen-bond acceptors (Lipinski definition) is 5. The minimum Gasteiger partial charge on any atom is -0.354 e.